The van der Waals surface area contributed by atoms with Crippen LogP contribution >= 0.6 is 15.9 Å². The van der Waals surface area contributed by atoms with Crippen LogP contribution in [-0.4, -0.2) is 22.8 Å². The Morgan fingerprint density at radius 3 is 2.54 bits per heavy atom. The zero-order chi connectivity index (χ0) is 18.5. The number of fused-ring (bicyclic) bond motifs is 3. The number of halogens is 4. The maximum Gasteiger partial charge on any atom is 0.416 e. The molecule has 3 aromatic rings. The first kappa shape index (κ1) is 17.1. The third-order valence-corrected chi connectivity index (χ3v) is 5.31. The molecule has 1 aliphatic rings. The van der Waals surface area contributed by atoms with E-state index in [0.717, 1.165) is 45.2 Å². The number of aromatic nitrogens is 1. The van der Waals surface area contributed by atoms with E-state index in [4.69, 9.17) is 0 Å². The van der Waals surface area contributed by atoms with E-state index in [9.17, 15) is 18.0 Å². The van der Waals surface area contributed by atoms with E-state index in [1.54, 1.807) is 4.90 Å². The molecule has 1 N–H and O–H groups in total. The number of rotatable bonds is 2. The van der Waals surface area contributed by atoms with Gasteiger partial charge in [0.25, 0.3) is 0 Å². The van der Waals surface area contributed by atoms with Gasteiger partial charge in [-0.3, -0.25) is 4.79 Å². The second kappa shape index (κ2) is 6.16. The minimum atomic E-state index is -4.38. The Bertz CT molecular complexity index is 979. The average Bonchev–Trinajstić information content (AvgIpc) is 2.98. The van der Waals surface area contributed by atoms with Crippen molar-refractivity contribution < 1.29 is 18.0 Å². The summed E-state index contributed by atoms with van der Waals surface area (Å²) in [6, 6.07) is 10.5. The van der Waals surface area contributed by atoms with E-state index in [-0.39, 0.29) is 0 Å². The van der Waals surface area contributed by atoms with Crippen molar-refractivity contribution in [3.63, 3.8) is 0 Å². The second-order valence-electron chi connectivity index (χ2n) is 6.32. The first-order chi connectivity index (χ1) is 12.4. The SMILES string of the molecule is O=CN1CCc2c([nH]c3ccc(Br)cc23)C1c1ccc(C(F)(F)F)cc1. The average molecular weight is 423 g/mol. The fraction of sp³-hybridized carbons (Fsp3) is 0.211. The van der Waals surface area contributed by atoms with Crippen LogP contribution in [0.5, 0.6) is 0 Å². The maximum atomic E-state index is 12.8. The number of alkyl halides is 3. The third-order valence-electron chi connectivity index (χ3n) is 4.82. The number of aromatic amines is 1. The van der Waals surface area contributed by atoms with Gasteiger partial charge in [-0.1, -0.05) is 28.1 Å². The van der Waals surface area contributed by atoms with Gasteiger partial charge >= 0.3 is 6.18 Å². The topological polar surface area (TPSA) is 36.1 Å². The number of hydrogen-bond acceptors (Lipinski definition) is 1. The Labute approximate surface area is 155 Å². The Morgan fingerprint density at radius 2 is 1.88 bits per heavy atom. The number of nitrogens with zero attached hydrogens (tertiary/aromatic N) is 1. The molecule has 134 valence electrons. The minimum absolute atomic E-state index is 0.426. The van der Waals surface area contributed by atoms with Crippen LogP contribution in [0.3, 0.4) is 0 Å². The van der Waals surface area contributed by atoms with Crippen LogP contribution in [0.2, 0.25) is 0 Å². The van der Waals surface area contributed by atoms with E-state index in [0.29, 0.717) is 18.5 Å². The number of carbonyl (C=O) groups is 1. The molecule has 0 fully saturated rings. The highest BCUT2D eigenvalue weighted by Gasteiger charge is 2.33. The van der Waals surface area contributed by atoms with Crippen LogP contribution in [0.25, 0.3) is 10.9 Å². The summed E-state index contributed by atoms with van der Waals surface area (Å²) < 4.78 is 39.5. The molecule has 1 aliphatic heterocycles. The van der Waals surface area contributed by atoms with Crippen LogP contribution in [0.15, 0.2) is 46.9 Å². The highest BCUT2D eigenvalue weighted by molar-refractivity contribution is 9.10. The Balaban J connectivity index is 1.84. The number of benzene rings is 2. The van der Waals surface area contributed by atoms with Gasteiger partial charge in [0.1, 0.15) is 0 Å². The van der Waals surface area contributed by atoms with Gasteiger partial charge in [-0.2, -0.15) is 13.2 Å². The van der Waals surface area contributed by atoms with Crippen molar-refractivity contribution in [2.24, 2.45) is 0 Å². The minimum Gasteiger partial charge on any atom is -0.356 e. The van der Waals surface area contributed by atoms with Crippen molar-refractivity contribution in [1.29, 1.82) is 0 Å². The molecular weight excluding hydrogens is 409 g/mol. The van der Waals surface area contributed by atoms with Gasteiger partial charge in [-0.25, -0.2) is 0 Å². The monoisotopic (exact) mass is 422 g/mol. The van der Waals surface area contributed by atoms with E-state index in [1.807, 2.05) is 18.2 Å². The highest BCUT2D eigenvalue weighted by Crippen LogP contribution is 2.39. The molecule has 1 amide bonds. The maximum absolute atomic E-state index is 12.8. The van der Waals surface area contributed by atoms with Crippen molar-refractivity contribution in [3.8, 4) is 0 Å². The quantitative estimate of drug-likeness (QED) is 0.576. The molecule has 0 aliphatic carbocycles. The lowest BCUT2D eigenvalue weighted by atomic mass is 9.92. The molecule has 7 heteroatoms. The van der Waals surface area contributed by atoms with Gasteiger partial charge in [0, 0.05) is 27.6 Å². The van der Waals surface area contributed by atoms with Crippen molar-refractivity contribution in [1.82, 2.24) is 9.88 Å². The summed E-state index contributed by atoms with van der Waals surface area (Å²) in [7, 11) is 0. The first-order valence-electron chi connectivity index (χ1n) is 8.06. The molecule has 4 rings (SSSR count). The number of nitrogens with one attached hydrogen (secondary N) is 1. The molecule has 1 atom stereocenters. The van der Waals surface area contributed by atoms with Crippen LogP contribution in [0.4, 0.5) is 13.2 Å². The van der Waals surface area contributed by atoms with E-state index in [2.05, 4.69) is 20.9 Å². The van der Waals surface area contributed by atoms with Gasteiger partial charge < -0.3 is 9.88 Å². The lowest BCUT2D eigenvalue weighted by Crippen LogP contribution is -2.35. The van der Waals surface area contributed by atoms with E-state index >= 15 is 0 Å². The normalized spacial score (nSPS) is 17.4. The predicted octanol–water partition coefficient (Wildman–Crippen LogP) is 5.05. The lowest BCUT2D eigenvalue weighted by Gasteiger charge is -2.33. The molecule has 1 aromatic heterocycles. The van der Waals surface area contributed by atoms with Crippen LogP contribution in [-0.2, 0) is 17.4 Å². The van der Waals surface area contributed by atoms with Gasteiger partial charge in [-0.05, 0) is 47.9 Å². The molecule has 26 heavy (non-hydrogen) atoms. The molecule has 0 saturated heterocycles. The summed E-state index contributed by atoms with van der Waals surface area (Å²) in [6.07, 6.45) is -2.93. The summed E-state index contributed by atoms with van der Waals surface area (Å²) in [5.41, 5.74) is 2.86. The fourth-order valence-corrected chi connectivity index (χ4v) is 3.97. The second-order valence-corrected chi connectivity index (χ2v) is 7.24. The Kier molecular flexibility index (Phi) is 4.06. The van der Waals surface area contributed by atoms with E-state index < -0.39 is 17.8 Å². The summed E-state index contributed by atoms with van der Waals surface area (Å²) in [6.45, 7) is 0.516. The van der Waals surface area contributed by atoms with Crippen LogP contribution < -0.4 is 0 Å². The summed E-state index contributed by atoms with van der Waals surface area (Å²) in [4.78, 5) is 16.6. The molecule has 0 spiro atoms. The predicted molar refractivity (Wildman–Crippen MR) is 95.8 cm³/mol. The van der Waals surface area contributed by atoms with Crippen molar-refractivity contribution in [3.05, 3.63) is 69.3 Å². The summed E-state index contributed by atoms with van der Waals surface area (Å²) in [5, 5.41) is 1.07. The molecule has 2 heterocycles. The zero-order valence-corrected chi connectivity index (χ0v) is 15.1. The molecule has 0 bridgehead atoms. The highest BCUT2D eigenvalue weighted by atomic mass is 79.9. The summed E-state index contributed by atoms with van der Waals surface area (Å²) >= 11 is 3.47. The molecular formula is C19H14BrF3N2O. The van der Waals surface area contributed by atoms with Crippen molar-refractivity contribution in [2.45, 2.75) is 18.6 Å². The number of amides is 1. The molecule has 3 nitrogen and oxygen atoms in total. The zero-order valence-electron chi connectivity index (χ0n) is 13.5. The van der Waals surface area contributed by atoms with Crippen LogP contribution in [0.1, 0.15) is 28.4 Å². The molecule has 2 aromatic carbocycles. The number of hydrogen-bond donors (Lipinski definition) is 1. The largest absolute Gasteiger partial charge is 0.416 e. The van der Waals surface area contributed by atoms with Gasteiger partial charge in [0.05, 0.1) is 11.6 Å². The first-order valence-corrected chi connectivity index (χ1v) is 8.86. The Morgan fingerprint density at radius 1 is 1.15 bits per heavy atom. The molecule has 1 unspecified atom stereocenters. The van der Waals surface area contributed by atoms with E-state index in [1.165, 1.54) is 12.1 Å². The number of carbonyl (C=O) groups excluding carboxylic acids is 1. The fourth-order valence-electron chi connectivity index (χ4n) is 3.61. The van der Waals surface area contributed by atoms with Crippen molar-refractivity contribution >= 4 is 33.2 Å². The number of H-pyrrole nitrogens is 1. The van der Waals surface area contributed by atoms with Gasteiger partial charge in [0.15, 0.2) is 0 Å². The smallest absolute Gasteiger partial charge is 0.356 e. The molecule has 0 saturated carbocycles. The van der Waals surface area contributed by atoms with Gasteiger partial charge in [-0.15, -0.1) is 0 Å². The molecule has 0 radical (unpaired) electrons. The Hall–Kier alpha value is -2.28. The van der Waals surface area contributed by atoms with Crippen molar-refractivity contribution in [2.75, 3.05) is 6.54 Å². The van der Waals surface area contributed by atoms with Crippen LogP contribution in [0, 0.1) is 0 Å². The third kappa shape index (κ3) is 2.80. The van der Waals surface area contributed by atoms with Gasteiger partial charge in [0.2, 0.25) is 6.41 Å². The lowest BCUT2D eigenvalue weighted by molar-refractivity contribution is -0.137. The standard InChI is InChI=1S/C19H14BrF3N2O/c20-13-5-6-16-15(9-13)14-7-8-25(10-26)18(17(14)24-16)11-1-3-12(4-2-11)19(21,22)23/h1-6,9-10,18,24H,7-8H2. The summed E-state index contributed by atoms with van der Waals surface area (Å²) in [5.74, 6) is 0.